The van der Waals surface area contributed by atoms with Crippen LogP contribution in [0.2, 0.25) is 0 Å². The first-order valence-corrected chi connectivity index (χ1v) is 11.2. The predicted octanol–water partition coefficient (Wildman–Crippen LogP) is -0.949. The van der Waals surface area contributed by atoms with Gasteiger partial charge in [0.05, 0.1) is 19.6 Å². The smallest absolute Gasteiger partial charge is 0.417 e. The Balaban J connectivity index is 2.87. The number of benzene rings is 1. The van der Waals surface area contributed by atoms with Gasteiger partial charge in [-0.15, -0.1) is 0 Å². The van der Waals surface area contributed by atoms with E-state index in [9.17, 15) is 24.0 Å². The minimum Gasteiger partial charge on any atom is -0.443 e. The molecular formula is C23H35N5O7. The first-order valence-electron chi connectivity index (χ1n) is 11.2. The Bertz CT molecular complexity index is 871. The fraction of sp³-hybridized carbons (Fsp3) is 0.522. The van der Waals surface area contributed by atoms with Crippen molar-refractivity contribution in [2.24, 2.45) is 5.73 Å². The van der Waals surface area contributed by atoms with Gasteiger partial charge in [0.1, 0.15) is 11.6 Å². The van der Waals surface area contributed by atoms with Crippen molar-refractivity contribution >= 4 is 29.7 Å². The molecule has 0 spiro atoms. The highest BCUT2D eigenvalue weighted by molar-refractivity contribution is 5.96. The van der Waals surface area contributed by atoms with Crippen molar-refractivity contribution in [3.05, 3.63) is 35.9 Å². The van der Waals surface area contributed by atoms with Crippen LogP contribution in [0.1, 0.15) is 32.8 Å². The number of imide groups is 1. The average molecular weight is 494 g/mol. The molecule has 1 rings (SSSR count). The third-order valence-electron chi connectivity index (χ3n) is 4.43. The molecule has 0 unspecified atom stereocenters. The molecule has 0 aliphatic carbocycles. The molecule has 0 aromatic heterocycles. The van der Waals surface area contributed by atoms with Gasteiger partial charge in [-0.25, -0.2) is 9.69 Å². The molecule has 1 aromatic carbocycles. The van der Waals surface area contributed by atoms with Crippen molar-refractivity contribution in [1.82, 2.24) is 20.9 Å². The van der Waals surface area contributed by atoms with Crippen LogP contribution in [0.5, 0.6) is 0 Å². The minimum absolute atomic E-state index is 0.0921. The molecular weight excluding hydrogens is 458 g/mol. The van der Waals surface area contributed by atoms with Crippen LogP contribution in [0.4, 0.5) is 4.79 Å². The van der Waals surface area contributed by atoms with E-state index < -0.39 is 47.9 Å². The number of hydrogen-bond acceptors (Lipinski definition) is 8. The number of nitrogens with one attached hydrogen (secondary N) is 3. The second-order valence-corrected chi connectivity index (χ2v) is 8.61. The van der Waals surface area contributed by atoms with Crippen molar-refractivity contribution in [2.45, 2.75) is 45.3 Å². The number of rotatable bonds is 12. The molecule has 0 aliphatic heterocycles. The zero-order chi connectivity index (χ0) is 26.4. The molecule has 194 valence electrons. The monoisotopic (exact) mass is 493 g/mol. The SMILES string of the molecule is CC(C)(C)OC(=O)N(CCCO)C(=O)CNC(=O)[C@H](Cc1ccccc1)NC(=O)CNC(=O)CN. The van der Waals surface area contributed by atoms with Crippen molar-refractivity contribution in [1.29, 1.82) is 0 Å². The largest absolute Gasteiger partial charge is 0.443 e. The Morgan fingerprint density at radius 3 is 2.26 bits per heavy atom. The molecule has 0 saturated carbocycles. The summed E-state index contributed by atoms with van der Waals surface area (Å²) in [6.07, 6.45) is -0.632. The van der Waals surface area contributed by atoms with Crippen LogP contribution in [-0.4, -0.2) is 84.2 Å². The van der Waals surface area contributed by atoms with Crippen LogP contribution < -0.4 is 21.7 Å². The fourth-order valence-corrected chi connectivity index (χ4v) is 2.80. The van der Waals surface area contributed by atoms with Gasteiger partial charge < -0.3 is 31.5 Å². The summed E-state index contributed by atoms with van der Waals surface area (Å²) < 4.78 is 5.23. The zero-order valence-electron chi connectivity index (χ0n) is 20.3. The average Bonchev–Trinajstić information content (AvgIpc) is 2.80. The number of carbonyl (C=O) groups excluding carboxylic acids is 5. The van der Waals surface area contributed by atoms with Crippen LogP contribution in [0.15, 0.2) is 30.3 Å². The van der Waals surface area contributed by atoms with Crippen LogP contribution in [0, 0.1) is 0 Å². The van der Waals surface area contributed by atoms with E-state index in [1.54, 1.807) is 51.1 Å². The van der Waals surface area contributed by atoms with Gasteiger partial charge in [-0.2, -0.15) is 0 Å². The lowest BCUT2D eigenvalue weighted by atomic mass is 10.1. The maximum Gasteiger partial charge on any atom is 0.417 e. The normalized spacial score (nSPS) is 11.7. The summed E-state index contributed by atoms with van der Waals surface area (Å²) in [6, 6.07) is 7.84. The minimum atomic E-state index is -1.06. The van der Waals surface area contributed by atoms with Gasteiger partial charge in [-0.05, 0) is 32.8 Å². The van der Waals surface area contributed by atoms with Gasteiger partial charge in [-0.1, -0.05) is 30.3 Å². The molecule has 0 fully saturated rings. The maximum atomic E-state index is 12.9. The fourth-order valence-electron chi connectivity index (χ4n) is 2.80. The first-order chi connectivity index (χ1) is 16.5. The molecule has 6 N–H and O–H groups in total. The highest BCUT2D eigenvalue weighted by Crippen LogP contribution is 2.10. The van der Waals surface area contributed by atoms with Crippen LogP contribution >= 0.6 is 0 Å². The van der Waals surface area contributed by atoms with E-state index in [0.29, 0.717) is 0 Å². The summed E-state index contributed by atoms with van der Waals surface area (Å²) in [4.78, 5) is 62.3. The Morgan fingerprint density at radius 2 is 1.69 bits per heavy atom. The van der Waals surface area contributed by atoms with Gasteiger partial charge in [-0.3, -0.25) is 19.2 Å². The van der Waals surface area contributed by atoms with Crippen LogP contribution in [-0.2, 0) is 30.3 Å². The summed E-state index contributed by atoms with van der Waals surface area (Å²) in [5, 5.41) is 16.4. The molecule has 0 heterocycles. The molecule has 0 aliphatic rings. The lowest BCUT2D eigenvalue weighted by Gasteiger charge is -2.26. The first kappa shape index (κ1) is 29.5. The Morgan fingerprint density at radius 1 is 1.03 bits per heavy atom. The summed E-state index contributed by atoms with van der Waals surface area (Å²) in [6.45, 7) is 3.41. The van der Waals surface area contributed by atoms with E-state index in [4.69, 9.17) is 15.6 Å². The van der Waals surface area contributed by atoms with Crippen LogP contribution in [0.3, 0.4) is 0 Å². The number of hydrogen-bond donors (Lipinski definition) is 5. The number of ether oxygens (including phenoxy) is 1. The molecule has 12 heteroatoms. The molecule has 5 amide bonds. The maximum absolute atomic E-state index is 12.9. The summed E-state index contributed by atoms with van der Waals surface area (Å²) in [5.41, 5.74) is 5.11. The van der Waals surface area contributed by atoms with E-state index in [-0.39, 0.29) is 39.1 Å². The molecule has 12 nitrogen and oxygen atoms in total. The standard InChI is InChI=1S/C23H35N5O7/c1-23(2,3)35-22(34)28(10-7-11-29)20(32)15-26-21(33)17(12-16-8-5-4-6-9-16)27-19(31)14-25-18(30)13-24/h4-6,8-9,17,29H,7,10-15,24H2,1-3H3,(H,25,30)(H,26,33)(H,27,31)/t17-/m0/s1. The number of aliphatic hydroxyl groups excluding tert-OH is 1. The van der Waals surface area contributed by atoms with Crippen molar-refractivity contribution < 1.29 is 33.8 Å². The van der Waals surface area contributed by atoms with E-state index in [1.165, 1.54) is 0 Å². The third-order valence-corrected chi connectivity index (χ3v) is 4.43. The molecule has 35 heavy (non-hydrogen) atoms. The molecule has 1 atom stereocenters. The molecule has 0 bridgehead atoms. The van der Waals surface area contributed by atoms with Crippen LogP contribution in [0.25, 0.3) is 0 Å². The Labute approximate surface area is 204 Å². The predicted molar refractivity (Wildman–Crippen MR) is 127 cm³/mol. The zero-order valence-corrected chi connectivity index (χ0v) is 20.3. The van der Waals surface area contributed by atoms with E-state index >= 15 is 0 Å². The van der Waals surface area contributed by atoms with Crippen molar-refractivity contribution in [3.63, 3.8) is 0 Å². The van der Waals surface area contributed by atoms with Gasteiger partial charge in [0.15, 0.2) is 0 Å². The molecule has 1 aromatic rings. The van der Waals surface area contributed by atoms with Crippen molar-refractivity contribution in [3.8, 4) is 0 Å². The van der Waals surface area contributed by atoms with E-state index in [2.05, 4.69) is 16.0 Å². The highest BCUT2D eigenvalue weighted by atomic mass is 16.6. The highest BCUT2D eigenvalue weighted by Gasteiger charge is 2.28. The number of aliphatic hydroxyl groups is 1. The van der Waals surface area contributed by atoms with E-state index in [0.717, 1.165) is 10.5 Å². The molecule has 0 saturated heterocycles. The number of amides is 5. The molecule has 0 radical (unpaired) electrons. The number of carbonyl (C=O) groups is 5. The Hall–Kier alpha value is -3.51. The topological polar surface area (TPSA) is 180 Å². The second kappa shape index (κ2) is 14.7. The summed E-state index contributed by atoms with van der Waals surface area (Å²) >= 11 is 0. The van der Waals surface area contributed by atoms with E-state index in [1.807, 2.05) is 0 Å². The lowest BCUT2D eigenvalue weighted by molar-refractivity contribution is -0.133. The second-order valence-electron chi connectivity index (χ2n) is 8.61. The number of nitrogens with two attached hydrogens (primary N) is 1. The summed E-state index contributed by atoms with van der Waals surface area (Å²) in [7, 11) is 0. The summed E-state index contributed by atoms with van der Waals surface area (Å²) in [5.74, 6) is -2.54. The third kappa shape index (κ3) is 12.0. The van der Waals surface area contributed by atoms with Gasteiger partial charge >= 0.3 is 6.09 Å². The number of nitrogens with zero attached hydrogens (tertiary/aromatic N) is 1. The Kier molecular flexibility index (Phi) is 12.4. The van der Waals surface area contributed by atoms with Gasteiger partial charge in [0, 0.05) is 19.6 Å². The van der Waals surface area contributed by atoms with Gasteiger partial charge in [0.25, 0.3) is 5.91 Å². The quantitative estimate of drug-likeness (QED) is 0.247. The lowest BCUT2D eigenvalue weighted by Crippen LogP contribution is -2.53. The van der Waals surface area contributed by atoms with Gasteiger partial charge in [0.2, 0.25) is 17.7 Å². The van der Waals surface area contributed by atoms with Crippen molar-refractivity contribution in [2.75, 3.05) is 32.8 Å².